The van der Waals surface area contributed by atoms with Gasteiger partial charge >= 0.3 is 6.61 Å². The van der Waals surface area contributed by atoms with Crippen LogP contribution in [0.4, 0.5) is 14.5 Å². The fraction of sp³-hybridized carbons (Fsp3) is 0.333. The molecule has 29 heavy (non-hydrogen) atoms. The first-order chi connectivity index (χ1) is 13.8. The van der Waals surface area contributed by atoms with Gasteiger partial charge in [-0.25, -0.2) is 4.98 Å². The number of carbonyl (C=O) groups excluding carboxylic acids is 1. The van der Waals surface area contributed by atoms with E-state index in [9.17, 15) is 18.7 Å². The van der Waals surface area contributed by atoms with Crippen molar-refractivity contribution in [2.24, 2.45) is 5.92 Å². The molecule has 2 N–H and O–H groups in total. The van der Waals surface area contributed by atoms with E-state index < -0.39 is 18.4 Å². The average molecular weight is 449 g/mol. The van der Waals surface area contributed by atoms with Gasteiger partial charge in [-0.3, -0.25) is 4.79 Å². The summed E-state index contributed by atoms with van der Waals surface area (Å²) >= 11 is 11.9. The van der Waals surface area contributed by atoms with Crippen molar-refractivity contribution in [2.45, 2.75) is 19.5 Å². The summed E-state index contributed by atoms with van der Waals surface area (Å²) in [6, 6.07) is 2.37. The molecule has 7 nitrogen and oxygen atoms in total. The molecule has 11 heteroatoms. The van der Waals surface area contributed by atoms with E-state index in [1.54, 1.807) is 0 Å². The molecular weight excluding hydrogens is 433 g/mol. The molecule has 0 aliphatic heterocycles. The highest BCUT2D eigenvalue weighted by Crippen LogP contribution is 2.40. The number of alkyl halides is 2. The van der Waals surface area contributed by atoms with Gasteiger partial charge in [-0.15, -0.1) is 0 Å². The Labute approximate surface area is 174 Å². The smallest absolute Gasteiger partial charge is 0.387 e. The molecule has 1 aliphatic carbocycles. The SMILES string of the molecule is COc1cc(OC(F)F)c(OCC2CC2)cc1C(=O)Nc1c(Cl)cnc(O)c1Cl. The third-order valence-corrected chi connectivity index (χ3v) is 4.74. The normalized spacial score (nSPS) is 13.3. The average Bonchev–Trinajstić information content (AvgIpc) is 3.50. The highest BCUT2D eigenvalue weighted by Gasteiger charge is 2.26. The number of nitrogens with zero attached hydrogens (tertiary/aromatic N) is 1. The maximum absolute atomic E-state index is 12.8. The van der Waals surface area contributed by atoms with Gasteiger partial charge in [0, 0.05) is 12.1 Å². The third kappa shape index (κ3) is 5.10. The molecule has 1 heterocycles. The maximum atomic E-state index is 12.8. The van der Waals surface area contributed by atoms with Crippen LogP contribution in [0.2, 0.25) is 10.0 Å². The van der Waals surface area contributed by atoms with E-state index in [1.165, 1.54) is 13.2 Å². The van der Waals surface area contributed by atoms with Crippen molar-refractivity contribution in [3.8, 4) is 23.1 Å². The van der Waals surface area contributed by atoms with Crippen molar-refractivity contribution in [3.63, 3.8) is 0 Å². The van der Waals surface area contributed by atoms with Gasteiger partial charge in [0.05, 0.1) is 36.2 Å². The number of aromatic hydroxyl groups is 1. The molecule has 0 saturated heterocycles. The number of amides is 1. The quantitative estimate of drug-likeness (QED) is 0.605. The van der Waals surface area contributed by atoms with E-state index in [0.29, 0.717) is 12.5 Å². The van der Waals surface area contributed by atoms with E-state index in [1.807, 2.05) is 0 Å². The Bertz CT molecular complexity index is 926. The molecule has 1 amide bonds. The number of hydrogen-bond donors (Lipinski definition) is 2. The monoisotopic (exact) mass is 448 g/mol. The number of aromatic nitrogens is 1. The van der Waals surface area contributed by atoms with Crippen LogP contribution in [0, 0.1) is 5.92 Å². The number of pyridine rings is 1. The minimum absolute atomic E-state index is 0.0111. The number of anilines is 1. The fourth-order valence-electron chi connectivity index (χ4n) is 2.43. The van der Waals surface area contributed by atoms with Gasteiger partial charge in [0.25, 0.3) is 5.91 Å². The number of benzene rings is 1. The lowest BCUT2D eigenvalue weighted by Gasteiger charge is -2.17. The molecule has 0 bridgehead atoms. The Morgan fingerprint density at radius 2 is 2.03 bits per heavy atom. The molecular formula is C18H16Cl2F2N2O5. The van der Waals surface area contributed by atoms with Gasteiger partial charge in [0.2, 0.25) is 5.88 Å². The molecule has 3 rings (SSSR count). The van der Waals surface area contributed by atoms with Gasteiger partial charge < -0.3 is 24.6 Å². The van der Waals surface area contributed by atoms with E-state index in [-0.39, 0.29) is 38.5 Å². The van der Waals surface area contributed by atoms with Crippen LogP contribution in [0.5, 0.6) is 23.1 Å². The largest absolute Gasteiger partial charge is 0.496 e. The highest BCUT2D eigenvalue weighted by molar-refractivity contribution is 6.40. The number of halogens is 4. The van der Waals surface area contributed by atoms with Crippen LogP contribution in [-0.4, -0.2) is 36.3 Å². The number of ether oxygens (including phenoxy) is 3. The van der Waals surface area contributed by atoms with Crippen molar-refractivity contribution in [3.05, 3.63) is 33.9 Å². The second kappa shape index (κ2) is 8.87. The van der Waals surface area contributed by atoms with E-state index >= 15 is 0 Å². The van der Waals surface area contributed by atoms with E-state index in [0.717, 1.165) is 25.1 Å². The van der Waals surface area contributed by atoms with Crippen LogP contribution >= 0.6 is 23.2 Å². The first-order valence-electron chi connectivity index (χ1n) is 8.44. The lowest BCUT2D eigenvalue weighted by Crippen LogP contribution is -2.15. The third-order valence-electron chi connectivity index (χ3n) is 4.09. The van der Waals surface area contributed by atoms with Crippen molar-refractivity contribution in [1.29, 1.82) is 0 Å². The fourth-order valence-corrected chi connectivity index (χ4v) is 2.87. The standard InChI is InChI=1S/C18H16Cl2F2N2O5/c1-27-11-5-13(29-18(21)22)12(28-7-8-2-3-8)4-9(11)16(25)24-15-10(19)6-23-17(26)14(15)20/h4-6,8,18H,2-3,7H2,1H3,(H2,23,24,25,26). The summed E-state index contributed by atoms with van der Waals surface area (Å²) < 4.78 is 40.7. The zero-order valence-corrected chi connectivity index (χ0v) is 16.6. The number of rotatable bonds is 8. The molecule has 1 saturated carbocycles. The zero-order chi connectivity index (χ0) is 21.1. The second-order valence-electron chi connectivity index (χ2n) is 6.20. The molecule has 156 valence electrons. The van der Waals surface area contributed by atoms with Crippen molar-refractivity contribution >= 4 is 34.8 Å². The molecule has 0 unspecified atom stereocenters. The van der Waals surface area contributed by atoms with Crippen LogP contribution in [0.1, 0.15) is 23.2 Å². The number of carbonyl (C=O) groups is 1. The minimum atomic E-state index is -3.08. The summed E-state index contributed by atoms with van der Waals surface area (Å²) in [6.07, 6.45) is 3.08. The first kappa shape index (κ1) is 21.2. The van der Waals surface area contributed by atoms with Gasteiger partial charge in [0.1, 0.15) is 10.8 Å². The number of methoxy groups -OCH3 is 1. The summed E-state index contributed by atoms with van der Waals surface area (Å²) in [5.41, 5.74) is -0.107. The van der Waals surface area contributed by atoms with Crippen molar-refractivity contribution in [2.75, 3.05) is 19.0 Å². The van der Waals surface area contributed by atoms with Crippen LogP contribution < -0.4 is 19.5 Å². The summed E-state index contributed by atoms with van der Waals surface area (Å²) in [6.45, 7) is -2.77. The number of nitrogens with one attached hydrogen (secondary N) is 1. The number of hydrogen-bond acceptors (Lipinski definition) is 6. The lowest BCUT2D eigenvalue weighted by molar-refractivity contribution is -0.0516. The summed E-state index contributed by atoms with van der Waals surface area (Å²) in [5.74, 6) is -1.23. The van der Waals surface area contributed by atoms with Crippen molar-refractivity contribution < 1.29 is 32.9 Å². The zero-order valence-electron chi connectivity index (χ0n) is 15.0. The van der Waals surface area contributed by atoms with Crippen LogP contribution in [-0.2, 0) is 0 Å². The summed E-state index contributed by atoms with van der Waals surface area (Å²) in [4.78, 5) is 16.4. The van der Waals surface area contributed by atoms with Crippen molar-refractivity contribution in [1.82, 2.24) is 4.98 Å². The topological polar surface area (TPSA) is 89.9 Å². The maximum Gasteiger partial charge on any atom is 0.387 e. The van der Waals surface area contributed by atoms with Gasteiger partial charge in [0.15, 0.2) is 11.5 Å². The molecule has 0 spiro atoms. The molecule has 1 aliphatic rings. The predicted molar refractivity (Wildman–Crippen MR) is 102 cm³/mol. The molecule has 0 atom stereocenters. The molecule has 0 radical (unpaired) electrons. The molecule has 1 aromatic heterocycles. The predicted octanol–water partition coefficient (Wildman–Crippen LogP) is 4.75. The Morgan fingerprint density at radius 3 is 2.66 bits per heavy atom. The van der Waals surface area contributed by atoms with E-state index in [4.69, 9.17) is 32.7 Å². The second-order valence-corrected chi connectivity index (χ2v) is 6.99. The van der Waals surface area contributed by atoms with Gasteiger partial charge in [-0.2, -0.15) is 8.78 Å². The Kier molecular flexibility index (Phi) is 6.49. The highest BCUT2D eigenvalue weighted by atomic mass is 35.5. The molecule has 1 aromatic carbocycles. The van der Waals surface area contributed by atoms with Gasteiger partial charge in [-0.1, -0.05) is 23.2 Å². The first-order valence-corrected chi connectivity index (χ1v) is 9.19. The van der Waals surface area contributed by atoms with E-state index in [2.05, 4.69) is 15.0 Å². The summed E-state index contributed by atoms with van der Waals surface area (Å²) in [5, 5.41) is 11.8. The van der Waals surface area contributed by atoms with Gasteiger partial charge in [-0.05, 0) is 18.8 Å². The minimum Gasteiger partial charge on any atom is -0.496 e. The molecule has 2 aromatic rings. The summed E-state index contributed by atoms with van der Waals surface area (Å²) in [7, 11) is 1.27. The Morgan fingerprint density at radius 1 is 1.31 bits per heavy atom. The van der Waals surface area contributed by atoms with Crippen LogP contribution in [0.3, 0.4) is 0 Å². The molecule has 1 fully saturated rings. The van der Waals surface area contributed by atoms with Crippen LogP contribution in [0.25, 0.3) is 0 Å². The Hall–Kier alpha value is -2.52. The lowest BCUT2D eigenvalue weighted by atomic mass is 10.1. The van der Waals surface area contributed by atoms with Crippen LogP contribution in [0.15, 0.2) is 18.3 Å². The Balaban J connectivity index is 1.95.